The Balaban J connectivity index is 2.35. The lowest BCUT2D eigenvalue weighted by Gasteiger charge is -2.08. The molecular weight excluding hydrogens is 296 g/mol. The molecule has 0 aliphatic carbocycles. The molecule has 0 radical (unpaired) electrons. The molecule has 0 spiro atoms. The number of ether oxygens (including phenoxy) is 1. The summed E-state index contributed by atoms with van der Waals surface area (Å²) < 4.78 is 34.8. The zero-order valence-electron chi connectivity index (χ0n) is 12.6. The largest absolute Gasteiger partial charge is 0.466 e. The minimum absolute atomic E-state index is 0.0733. The summed E-state index contributed by atoms with van der Waals surface area (Å²) in [5.41, 5.74) is 0. The summed E-state index contributed by atoms with van der Waals surface area (Å²) in [4.78, 5) is 11.1. The third-order valence-corrected chi connectivity index (χ3v) is 4.40. The van der Waals surface area contributed by atoms with E-state index in [-0.39, 0.29) is 11.1 Å². The van der Waals surface area contributed by atoms with Crippen molar-refractivity contribution in [2.24, 2.45) is 0 Å². The van der Waals surface area contributed by atoms with Gasteiger partial charge in [-0.3, -0.25) is 4.79 Å². The van der Waals surface area contributed by atoms with Gasteiger partial charge in [-0.15, -0.1) is 0 Å². The smallest absolute Gasteiger partial charge is 0.305 e. The monoisotopic (exact) mass is 318 g/mol. The van der Waals surface area contributed by atoms with E-state index in [0.717, 1.165) is 4.31 Å². The topological polar surface area (TPSA) is 88.8 Å². The average molecular weight is 318 g/mol. The summed E-state index contributed by atoms with van der Waals surface area (Å²) in [7, 11) is -0.632. The normalized spacial score (nSPS) is 11.8. The molecule has 0 atom stereocenters. The highest BCUT2D eigenvalue weighted by Crippen LogP contribution is 2.16. The molecule has 0 amide bonds. The van der Waals surface area contributed by atoms with Crippen molar-refractivity contribution >= 4 is 16.0 Å². The van der Waals surface area contributed by atoms with Gasteiger partial charge in [-0.2, -0.15) is 0 Å². The Morgan fingerprint density at radius 3 is 2.71 bits per heavy atom. The molecule has 21 heavy (non-hydrogen) atoms. The Kier molecular flexibility index (Phi) is 6.86. The maximum Gasteiger partial charge on any atom is 0.305 e. The number of sulfonamides is 1. The minimum atomic E-state index is -3.53. The highest BCUT2D eigenvalue weighted by Gasteiger charge is 2.21. The van der Waals surface area contributed by atoms with Crippen LogP contribution in [0.2, 0.25) is 0 Å². The van der Waals surface area contributed by atoms with Crippen LogP contribution in [0.5, 0.6) is 0 Å². The number of carbonyl (C=O) groups excluding carboxylic acids is 1. The first-order valence-corrected chi connectivity index (χ1v) is 8.19. The number of carbonyl (C=O) groups is 1. The Bertz CT molecular complexity index is 551. The molecule has 8 heteroatoms. The Hall–Kier alpha value is -1.38. The first kappa shape index (κ1) is 17.7. The molecule has 0 bridgehead atoms. The third kappa shape index (κ3) is 5.49. The first-order chi connectivity index (χ1) is 9.87. The Labute approximate surface area is 125 Å². The van der Waals surface area contributed by atoms with Gasteiger partial charge in [0.05, 0.1) is 13.2 Å². The first-order valence-electron chi connectivity index (χ1n) is 6.75. The molecular formula is C13H22N2O5S. The van der Waals surface area contributed by atoms with Crippen molar-refractivity contribution in [2.45, 2.75) is 31.4 Å². The van der Waals surface area contributed by atoms with Crippen LogP contribution in [-0.4, -0.2) is 45.9 Å². The van der Waals surface area contributed by atoms with Gasteiger partial charge in [-0.1, -0.05) is 0 Å². The van der Waals surface area contributed by atoms with Crippen molar-refractivity contribution in [3.8, 4) is 0 Å². The van der Waals surface area contributed by atoms with Crippen molar-refractivity contribution in [1.29, 1.82) is 0 Å². The van der Waals surface area contributed by atoms with E-state index < -0.39 is 10.0 Å². The van der Waals surface area contributed by atoms with E-state index in [0.29, 0.717) is 38.3 Å². The van der Waals surface area contributed by atoms with Crippen LogP contribution in [0.3, 0.4) is 0 Å². The van der Waals surface area contributed by atoms with Crippen LogP contribution in [0.1, 0.15) is 25.5 Å². The zero-order chi connectivity index (χ0) is 15.9. The van der Waals surface area contributed by atoms with E-state index in [1.807, 2.05) is 0 Å². The van der Waals surface area contributed by atoms with E-state index in [1.165, 1.54) is 20.2 Å². The molecule has 1 aromatic rings. The molecule has 0 fully saturated rings. The van der Waals surface area contributed by atoms with Crippen molar-refractivity contribution < 1.29 is 22.4 Å². The maximum atomic E-state index is 11.8. The number of nitrogens with one attached hydrogen (secondary N) is 1. The molecule has 1 N–H and O–H groups in total. The highest BCUT2D eigenvalue weighted by molar-refractivity contribution is 7.88. The van der Waals surface area contributed by atoms with E-state index in [4.69, 9.17) is 9.15 Å². The number of esters is 1. The summed E-state index contributed by atoms with van der Waals surface area (Å²) in [6.07, 6.45) is 1.02. The second-order valence-electron chi connectivity index (χ2n) is 4.59. The van der Waals surface area contributed by atoms with Crippen LogP contribution in [0.25, 0.3) is 0 Å². The Morgan fingerprint density at radius 1 is 1.38 bits per heavy atom. The summed E-state index contributed by atoms with van der Waals surface area (Å²) in [5, 5.41) is 3.01. The number of hydrogen-bond donors (Lipinski definition) is 1. The SMILES string of the molecule is CCOC(=O)CCCNCc1ccc(S(=O)(=O)N(C)C)o1. The summed E-state index contributed by atoms with van der Waals surface area (Å²) in [6, 6.07) is 3.06. The fourth-order valence-corrected chi connectivity index (χ4v) is 2.39. The van der Waals surface area contributed by atoms with Gasteiger partial charge in [0.25, 0.3) is 10.0 Å². The van der Waals surface area contributed by atoms with Crippen LogP contribution < -0.4 is 5.32 Å². The molecule has 0 unspecified atom stereocenters. The zero-order valence-corrected chi connectivity index (χ0v) is 13.4. The molecule has 0 saturated carbocycles. The lowest BCUT2D eigenvalue weighted by Crippen LogP contribution is -2.21. The summed E-state index contributed by atoms with van der Waals surface area (Å²) in [6.45, 7) is 3.19. The van der Waals surface area contributed by atoms with E-state index in [9.17, 15) is 13.2 Å². The van der Waals surface area contributed by atoms with Gasteiger partial charge >= 0.3 is 5.97 Å². The van der Waals surface area contributed by atoms with Gasteiger partial charge in [0.1, 0.15) is 5.76 Å². The molecule has 0 aromatic carbocycles. The van der Waals surface area contributed by atoms with E-state index in [2.05, 4.69) is 5.32 Å². The number of hydrogen-bond acceptors (Lipinski definition) is 6. The predicted molar refractivity (Wildman–Crippen MR) is 77.2 cm³/mol. The van der Waals surface area contributed by atoms with Crippen molar-refractivity contribution in [3.63, 3.8) is 0 Å². The van der Waals surface area contributed by atoms with Gasteiger partial charge in [-0.05, 0) is 32.0 Å². The molecule has 0 saturated heterocycles. The predicted octanol–water partition coefficient (Wildman–Crippen LogP) is 0.963. The fraction of sp³-hybridized carbons (Fsp3) is 0.615. The number of nitrogens with zero attached hydrogens (tertiary/aromatic N) is 1. The van der Waals surface area contributed by atoms with Crippen LogP contribution in [0.4, 0.5) is 0 Å². The van der Waals surface area contributed by atoms with Crippen molar-refractivity contribution in [1.82, 2.24) is 9.62 Å². The molecule has 1 heterocycles. The quantitative estimate of drug-likeness (QED) is 0.539. The van der Waals surface area contributed by atoms with Crippen LogP contribution in [0.15, 0.2) is 21.6 Å². The highest BCUT2D eigenvalue weighted by atomic mass is 32.2. The molecule has 0 aliphatic heterocycles. The van der Waals surface area contributed by atoms with Gasteiger partial charge in [0, 0.05) is 20.5 Å². The van der Waals surface area contributed by atoms with E-state index in [1.54, 1.807) is 13.0 Å². The summed E-state index contributed by atoms with van der Waals surface area (Å²) in [5.74, 6) is 0.322. The maximum absolute atomic E-state index is 11.8. The van der Waals surface area contributed by atoms with Gasteiger partial charge in [-0.25, -0.2) is 12.7 Å². The standard InChI is InChI=1S/C13H22N2O5S/c1-4-19-12(16)6-5-9-14-10-11-7-8-13(20-11)21(17,18)15(2)3/h7-8,14H,4-6,9-10H2,1-3H3. The van der Waals surface area contributed by atoms with Gasteiger partial charge < -0.3 is 14.5 Å². The molecule has 120 valence electrons. The van der Waals surface area contributed by atoms with E-state index >= 15 is 0 Å². The molecule has 1 rings (SSSR count). The van der Waals surface area contributed by atoms with Crippen LogP contribution in [-0.2, 0) is 26.1 Å². The Morgan fingerprint density at radius 2 is 2.10 bits per heavy atom. The lowest BCUT2D eigenvalue weighted by atomic mass is 10.3. The second kappa shape index (κ2) is 8.16. The molecule has 7 nitrogen and oxygen atoms in total. The van der Waals surface area contributed by atoms with Crippen molar-refractivity contribution in [3.05, 3.63) is 17.9 Å². The average Bonchev–Trinajstić information content (AvgIpc) is 2.88. The second-order valence-corrected chi connectivity index (χ2v) is 6.68. The minimum Gasteiger partial charge on any atom is -0.466 e. The number of furan rings is 1. The summed E-state index contributed by atoms with van der Waals surface area (Å²) >= 11 is 0. The lowest BCUT2D eigenvalue weighted by molar-refractivity contribution is -0.143. The third-order valence-electron chi connectivity index (χ3n) is 2.71. The molecule has 0 aliphatic rings. The fourth-order valence-electron chi connectivity index (χ4n) is 1.57. The van der Waals surface area contributed by atoms with Gasteiger partial charge in [0.2, 0.25) is 5.09 Å². The molecule has 1 aromatic heterocycles. The van der Waals surface area contributed by atoms with Crippen molar-refractivity contribution in [2.75, 3.05) is 27.2 Å². The van der Waals surface area contributed by atoms with Crippen LogP contribution >= 0.6 is 0 Å². The number of rotatable bonds is 9. The van der Waals surface area contributed by atoms with Gasteiger partial charge in [0.15, 0.2) is 0 Å². The van der Waals surface area contributed by atoms with Crippen LogP contribution in [0, 0.1) is 0 Å².